The van der Waals surface area contributed by atoms with Gasteiger partial charge >= 0.3 is 6.03 Å². The van der Waals surface area contributed by atoms with E-state index in [1.807, 2.05) is 39.1 Å². The van der Waals surface area contributed by atoms with Crippen molar-refractivity contribution >= 4 is 62.7 Å². The van der Waals surface area contributed by atoms with E-state index in [2.05, 4.69) is 64.2 Å². The van der Waals surface area contributed by atoms with Crippen molar-refractivity contribution < 1.29 is 9.59 Å². The highest BCUT2D eigenvalue weighted by molar-refractivity contribution is 6.15. The van der Waals surface area contributed by atoms with Crippen molar-refractivity contribution in [1.82, 2.24) is 4.98 Å². The van der Waals surface area contributed by atoms with Crippen LogP contribution in [0.4, 0.5) is 21.9 Å². The summed E-state index contributed by atoms with van der Waals surface area (Å²) in [5.41, 5.74) is 12.8. The van der Waals surface area contributed by atoms with Gasteiger partial charge in [0.1, 0.15) is 0 Å². The quantitative estimate of drug-likeness (QED) is 0.217. The molecule has 0 radical (unpaired) electrons. The summed E-state index contributed by atoms with van der Waals surface area (Å²) < 4.78 is 0. The normalized spacial score (nSPS) is 12.9. The number of urea groups is 1. The zero-order valence-electron chi connectivity index (χ0n) is 22.2. The Morgan fingerprint density at radius 3 is 2.27 bits per heavy atom. The number of halogens is 1. The molecule has 3 heterocycles. The molecule has 196 valence electrons. The Morgan fingerprint density at radius 1 is 0.973 bits per heavy atom. The number of nitrogens with zero attached hydrogens (tertiary/aromatic N) is 2. The zero-order valence-corrected chi connectivity index (χ0v) is 22.9. The number of aldehydes is 1. The summed E-state index contributed by atoms with van der Waals surface area (Å²) in [4.78, 5) is 28.9. The van der Waals surface area contributed by atoms with E-state index in [1.54, 1.807) is 4.90 Å². The summed E-state index contributed by atoms with van der Waals surface area (Å²) in [5.74, 6) is 0. The lowest BCUT2D eigenvalue weighted by atomic mass is 10.0. The third-order valence-electron chi connectivity index (χ3n) is 6.69. The minimum absolute atomic E-state index is 0.436. The van der Waals surface area contributed by atoms with Gasteiger partial charge in [0.2, 0.25) is 0 Å². The van der Waals surface area contributed by atoms with Gasteiger partial charge in [-0.25, -0.2) is 4.79 Å². The van der Waals surface area contributed by atoms with E-state index in [9.17, 15) is 9.59 Å². The number of alkyl halides is 1. The van der Waals surface area contributed by atoms with E-state index in [4.69, 9.17) is 5.73 Å². The van der Waals surface area contributed by atoms with Crippen LogP contribution in [0.3, 0.4) is 0 Å². The van der Waals surface area contributed by atoms with Gasteiger partial charge in [-0.15, -0.1) is 11.6 Å². The molecule has 0 bridgehead atoms. The summed E-state index contributed by atoms with van der Waals surface area (Å²) in [6.45, 7) is 5.73. The maximum Gasteiger partial charge on any atom is 0.319 e. The van der Waals surface area contributed by atoms with Crippen LogP contribution < -0.4 is 20.9 Å². The van der Waals surface area contributed by atoms with Crippen LogP contribution in [-0.2, 0) is 12.8 Å². The number of nitrogens with one attached hydrogen (secondary N) is 2. The molecule has 6 rings (SSSR count). The molecule has 0 atom stereocenters. The Morgan fingerprint density at radius 2 is 1.62 bits per heavy atom. The molecule has 37 heavy (non-hydrogen) atoms. The monoisotopic (exact) mass is 521 g/mol. The molecule has 7 nitrogen and oxygen atoms in total. The standard InChI is InChI=1S/C14H16N2.C12H11N3O2.C2H6.CH3Cl/c1-15-13-9-14-12(7-8-16(14)2)10-5-3-4-6-11(10)13;13-12(17)15-4-3-8-9-5-7(6-16)14-10(9)1-2-11(8)15;2*1-2/h3-6,9,15H,7-8H2,1-2H3;1-2,5-6,14H,3-4H2,(H2,13,17);1-2H3;1H3. The number of rotatable bonds is 2. The maximum absolute atomic E-state index is 11.2. The average Bonchev–Trinajstić information content (AvgIpc) is 3.67. The second kappa shape index (κ2) is 12.5. The third-order valence-corrected chi connectivity index (χ3v) is 6.69. The van der Waals surface area contributed by atoms with Gasteiger partial charge < -0.3 is 20.9 Å². The molecular weight excluding hydrogens is 486 g/mol. The minimum atomic E-state index is -0.436. The Bertz CT molecular complexity index is 1400. The molecule has 0 fully saturated rings. The lowest BCUT2D eigenvalue weighted by molar-refractivity contribution is 0.111. The van der Waals surface area contributed by atoms with Crippen molar-refractivity contribution in [3.8, 4) is 0 Å². The highest BCUT2D eigenvalue weighted by Gasteiger charge is 2.25. The molecule has 4 N–H and O–H groups in total. The number of amides is 2. The second-order valence-corrected chi connectivity index (χ2v) is 8.50. The van der Waals surface area contributed by atoms with Crippen LogP contribution in [0.5, 0.6) is 0 Å². The first-order chi connectivity index (χ1) is 18.0. The largest absolute Gasteiger partial charge is 0.388 e. The number of nitrogens with two attached hydrogens (primary N) is 1. The van der Waals surface area contributed by atoms with Crippen LogP contribution in [0, 0.1) is 0 Å². The predicted octanol–water partition coefficient (Wildman–Crippen LogP) is 6.18. The van der Waals surface area contributed by atoms with Crippen LogP contribution in [0.2, 0.25) is 0 Å². The van der Waals surface area contributed by atoms with Crippen molar-refractivity contribution in [3.63, 3.8) is 0 Å². The van der Waals surface area contributed by atoms with E-state index in [-0.39, 0.29) is 0 Å². The molecule has 0 unspecified atom stereocenters. The van der Waals surface area contributed by atoms with Gasteiger partial charge in [-0.1, -0.05) is 38.1 Å². The number of primary amides is 1. The lowest BCUT2D eigenvalue weighted by Crippen LogP contribution is -2.33. The zero-order chi connectivity index (χ0) is 27.1. The van der Waals surface area contributed by atoms with Crippen molar-refractivity contribution in [2.45, 2.75) is 26.7 Å². The van der Waals surface area contributed by atoms with E-state index in [0.29, 0.717) is 12.2 Å². The molecule has 8 heteroatoms. The number of fused-ring (bicyclic) bond motifs is 6. The molecule has 1 aromatic heterocycles. The van der Waals surface area contributed by atoms with E-state index < -0.39 is 6.03 Å². The topological polar surface area (TPSA) is 94.5 Å². The number of likely N-dealkylation sites (N-methyl/N-ethyl adjacent to an activating group) is 1. The van der Waals surface area contributed by atoms with E-state index >= 15 is 0 Å². The Labute approximate surface area is 223 Å². The van der Waals surface area contributed by atoms with Crippen LogP contribution in [0.25, 0.3) is 21.7 Å². The molecule has 0 saturated heterocycles. The van der Waals surface area contributed by atoms with E-state index in [0.717, 1.165) is 47.8 Å². The van der Waals surface area contributed by atoms with Gasteiger partial charge in [-0.2, -0.15) is 0 Å². The van der Waals surface area contributed by atoms with Gasteiger partial charge in [0, 0.05) is 66.9 Å². The predicted molar refractivity (Wildman–Crippen MR) is 158 cm³/mol. The van der Waals surface area contributed by atoms with Crippen molar-refractivity contribution in [2.24, 2.45) is 5.73 Å². The first-order valence-electron chi connectivity index (χ1n) is 12.5. The second-order valence-electron chi connectivity index (χ2n) is 8.50. The number of aromatic amines is 1. The number of H-pyrrole nitrogens is 1. The number of benzene rings is 3. The van der Waals surface area contributed by atoms with Crippen LogP contribution >= 0.6 is 11.6 Å². The summed E-state index contributed by atoms with van der Waals surface area (Å²) in [6, 6.07) is 16.0. The van der Waals surface area contributed by atoms with Crippen molar-refractivity contribution in [2.75, 3.05) is 48.7 Å². The summed E-state index contributed by atoms with van der Waals surface area (Å²) >= 11 is 4.64. The molecule has 3 aromatic carbocycles. The van der Waals surface area contributed by atoms with Gasteiger partial charge in [0.25, 0.3) is 0 Å². The number of hydrogen-bond acceptors (Lipinski definition) is 4. The summed E-state index contributed by atoms with van der Waals surface area (Å²) in [5, 5.41) is 7.02. The van der Waals surface area contributed by atoms with Gasteiger partial charge in [0.05, 0.1) is 5.69 Å². The maximum atomic E-state index is 11.2. The fourth-order valence-electron chi connectivity index (χ4n) is 5.06. The minimum Gasteiger partial charge on any atom is -0.388 e. The molecule has 0 spiro atoms. The summed E-state index contributed by atoms with van der Waals surface area (Å²) in [7, 11) is 4.16. The smallest absolute Gasteiger partial charge is 0.319 e. The van der Waals surface area contributed by atoms with Gasteiger partial charge in [-0.05, 0) is 53.6 Å². The lowest BCUT2D eigenvalue weighted by Gasteiger charge is -2.15. The first-order valence-corrected chi connectivity index (χ1v) is 13.3. The van der Waals surface area contributed by atoms with Crippen molar-refractivity contribution in [3.05, 3.63) is 65.4 Å². The first kappa shape index (κ1) is 27.9. The highest BCUT2D eigenvalue weighted by Crippen LogP contribution is 2.38. The SMILES string of the molecule is CC.CCl.CNc1cc2c(c3ccccc13)CCN2C.NC(=O)N1CCc2c1ccc1[nH]c(C=O)cc21. The highest BCUT2D eigenvalue weighted by atomic mass is 35.5. The molecule has 2 aliphatic rings. The van der Waals surface area contributed by atoms with E-state index in [1.165, 1.54) is 34.1 Å². The molecule has 0 aliphatic carbocycles. The molecule has 4 aromatic rings. The molecule has 0 saturated carbocycles. The Hall–Kier alpha value is -3.71. The number of carbonyl (C=O) groups is 2. The summed E-state index contributed by atoms with van der Waals surface area (Å²) in [6.07, 6.45) is 4.19. The number of aromatic nitrogens is 1. The third kappa shape index (κ3) is 5.37. The Kier molecular flexibility index (Phi) is 9.42. The molecule has 2 amide bonds. The van der Waals surface area contributed by atoms with Crippen molar-refractivity contribution in [1.29, 1.82) is 0 Å². The van der Waals surface area contributed by atoms with Gasteiger partial charge in [0.15, 0.2) is 6.29 Å². The number of carbonyl (C=O) groups excluding carboxylic acids is 2. The average molecular weight is 522 g/mol. The number of anilines is 3. The van der Waals surface area contributed by atoms with Gasteiger partial charge in [-0.3, -0.25) is 9.69 Å². The molecular formula is C29H36ClN5O2. The van der Waals surface area contributed by atoms with Crippen LogP contribution in [0.1, 0.15) is 35.5 Å². The fraction of sp³-hybridized carbons (Fsp3) is 0.310. The van der Waals surface area contributed by atoms with Crippen LogP contribution in [0.15, 0.2) is 48.5 Å². The van der Waals surface area contributed by atoms with Crippen LogP contribution in [-0.4, -0.2) is 50.9 Å². The fourth-order valence-corrected chi connectivity index (χ4v) is 5.06. The number of hydrogen-bond donors (Lipinski definition) is 3. The molecule has 2 aliphatic heterocycles. The Balaban J connectivity index is 0.000000182.